The van der Waals surface area contributed by atoms with Crippen LogP contribution in [0, 0.1) is 18.8 Å². The van der Waals surface area contributed by atoms with Crippen LogP contribution in [-0.2, 0) is 17.5 Å². The molecular weight excluding hydrogens is 675 g/mol. The first-order chi connectivity index (χ1) is 25.0. The summed E-state index contributed by atoms with van der Waals surface area (Å²) in [5.74, 6) is 5.18. The summed E-state index contributed by atoms with van der Waals surface area (Å²) in [5.41, 5.74) is 3.45. The van der Waals surface area contributed by atoms with Crippen molar-refractivity contribution in [2.75, 3.05) is 47.8 Å². The fourth-order valence-corrected chi connectivity index (χ4v) is 6.24. The molecule has 2 saturated heterocycles. The van der Waals surface area contributed by atoms with Gasteiger partial charge in [-0.1, -0.05) is 12.0 Å². The quantitative estimate of drug-likeness (QED) is 0.240. The van der Waals surface area contributed by atoms with Crippen molar-refractivity contribution in [3.05, 3.63) is 113 Å². The van der Waals surface area contributed by atoms with Crippen LogP contribution in [-0.4, -0.2) is 75.1 Å². The highest BCUT2D eigenvalue weighted by atomic mass is 19.4. The number of anilines is 3. The molecule has 0 aliphatic carbocycles. The average molecular weight is 708 g/mol. The average Bonchev–Trinajstić information content (AvgIpc) is 3.55. The van der Waals surface area contributed by atoms with E-state index in [0.29, 0.717) is 55.3 Å². The van der Waals surface area contributed by atoms with E-state index in [4.69, 9.17) is 0 Å². The lowest BCUT2D eigenvalue weighted by Gasteiger charge is -2.38. The standard InChI is InChI=1S/C37H32F3N9O3/c1-24-4-5-26(19-25(24)6-8-29-21-42-33-3-2-12-43-49(29)33)35(51)44-28-7-9-31(30(20-28)37(38,39)40)47-17-15-46(16-18-47)23-27-10-13-41-22-32(27)48-14-11-34(50)45-36(48)52/h2-5,7,9-10,12-13,19-22H,11,14-18,23H2,1H3,(H,44,51)(H,45,50,52). The molecular formula is C37H32F3N9O3. The zero-order valence-corrected chi connectivity index (χ0v) is 27.9. The highest BCUT2D eigenvalue weighted by molar-refractivity contribution is 6.06. The van der Waals surface area contributed by atoms with Gasteiger partial charge in [-0.05, 0) is 72.5 Å². The summed E-state index contributed by atoms with van der Waals surface area (Å²) in [6, 6.07) is 13.6. The van der Waals surface area contributed by atoms with E-state index in [9.17, 15) is 27.6 Å². The van der Waals surface area contributed by atoms with Crippen LogP contribution in [0.3, 0.4) is 0 Å². The number of nitrogens with one attached hydrogen (secondary N) is 2. The summed E-state index contributed by atoms with van der Waals surface area (Å²) in [6.45, 7) is 4.12. The third-order valence-electron chi connectivity index (χ3n) is 9.00. The first kappa shape index (κ1) is 34.2. The number of piperazine rings is 1. The van der Waals surface area contributed by atoms with Crippen molar-refractivity contribution in [3.63, 3.8) is 0 Å². The van der Waals surface area contributed by atoms with Crippen molar-refractivity contribution >= 4 is 40.6 Å². The normalized spacial score (nSPS) is 15.3. The van der Waals surface area contributed by atoms with E-state index in [0.717, 1.165) is 17.2 Å². The molecule has 52 heavy (non-hydrogen) atoms. The summed E-state index contributed by atoms with van der Waals surface area (Å²) < 4.78 is 44.9. The molecule has 5 heterocycles. The van der Waals surface area contributed by atoms with Crippen LogP contribution in [0.15, 0.2) is 79.4 Å². The number of carbonyl (C=O) groups is 3. The van der Waals surface area contributed by atoms with Crippen LogP contribution >= 0.6 is 0 Å². The molecule has 264 valence electrons. The number of imide groups is 1. The van der Waals surface area contributed by atoms with Gasteiger partial charge in [0, 0.05) is 80.6 Å². The number of nitrogens with zero attached hydrogens (tertiary/aromatic N) is 7. The van der Waals surface area contributed by atoms with Gasteiger partial charge in [0.1, 0.15) is 5.69 Å². The van der Waals surface area contributed by atoms with Crippen LogP contribution in [0.2, 0.25) is 0 Å². The second kappa shape index (κ2) is 14.2. The van der Waals surface area contributed by atoms with E-state index in [1.807, 2.05) is 6.92 Å². The van der Waals surface area contributed by atoms with Gasteiger partial charge < -0.3 is 10.2 Å². The number of benzene rings is 2. The summed E-state index contributed by atoms with van der Waals surface area (Å²) in [4.78, 5) is 51.0. The molecule has 0 spiro atoms. The number of urea groups is 1. The van der Waals surface area contributed by atoms with Crippen LogP contribution in [0.25, 0.3) is 5.65 Å². The Labute approximate surface area is 296 Å². The fourth-order valence-electron chi connectivity index (χ4n) is 6.24. The third kappa shape index (κ3) is 7.28. The number of imidazole rings is 1. The van der Waals surface area contributed by atoms with Crippen LogP contribution in [0.1, 0.15) is 44.7 Å². The summed E-state index contributed by atoms with van der Waals surface area (Å²) in [6.07, 6.45) is 1.92. The van der Waals surface area contributed by atoms with Crippen LogP contribution in [0.5, 0.6) is 0 Å². The molecule has 2 aliphatic rings. The molecule has 0 saturated carbocycles. The molecule has 2 aliphatic heterocycles. The molecule has 2 N–H and O–H groups in total. The van der Waals surface area contributed by atoms with Gasteiger partial charge in [0.15, 0.2) is 5.65 Å². The molecule has 0 unspecified atom stereocenters. The van der Waals surface area contributed by atoms with E-state index in [-0.39, 0.29) is 35.8 Å². The summed E-state index contributed by atoms with van der Waals surface area (Å²) >= 11 is 0. The van der Waals surface area contributed by atoms with Crippen LogP contribution in [0.4, 0.5) is 35.0 Å². The molecule has 0 radical (unpaired) electrons. The highest BCUT2D eigenvalue weighted by Gasteiger charge is 2.36. The maximum absolute atomic E-state index is 14.4. The molecule has 0 bridgehead atoms. The number of pyridine rings is 1. The van der Waals surface area contributed by atoms with Gasteiger partial charge in [-0.2, -0.15) is 18.3 Å². The van der Waals surface area contributed by atoms with Gasteiger partial charge in [-0.3, -0.25) is 29.7 Å². The molecule has 3 aromatic heterocycles. The lowest BCUT2D eigenvalue weighted by atomic mass is 10.0. The predicted octanol–water partition coefficient (Wildman–Crippen LogP) is 4.87. The Balaban J connectivity index is 1.03. The minimum Gasteiger partial charge on any atom is -0.368 e. The number of fused-ring (bicyclic) bond motifs is 1. The highest BCUT2D eigenvalue weighted by Crippen LogP contribution is 2.39. The molecule has 12 nitrogen and oxygen atoms in total. The van der Waals surface area contributed by atoms with E-state index in [1.165, 1.54) is 17.0 Å². The smallest absolute Gasteiger partial charge is 0.368 e. The van der Waals surface area contributed by atoms with Crippen molar-refractivity contribution in [1.29, 1.82) is 0 Å². The Morgan fingerprint density at radius 2 is 1.77 bits per heavy atom. The predicted molar refractivity (Wildman–Crippen MR) is 187 cm³/mol. The zero-order chi connectivity index (χ0) is 36.4. The number of amides is 4. The van der Waals surface area contributed by atoms with Crippen molar-refractivity contribution in [2.24, 2.45) is 0 Å². The summed E-state index contributed by atoms with van der Waals surface area (Å²) in [5, 5.41) is 9.18. The largest absolute Gasteiger partial charge is 0.418 e. The molecule has 2 fully saturated rings. The van der Waals surface area contributed by atoms with Gasteiger partial charge in [0.2, 0.25) is 5.91 Å². The number of rotatable bonds is 6. The first-order valence-corrected chi connectivity index (χ1v) is 16.5. The second-order valence-electron chi connectivity index (χ2n) is 12.4. The van der Waals surface area contributed by atoms with Crippen molar-refractivity contribution in [3.8, 4) is 11.8 Å². The van der Waals surface area contributed by atoms with Crippen molar-refractivity contribution in [2.45, 2.75) is 26.1 Å². The van der Waals surface area contributed by atoms with Gasteiger partial charge in [0.05, 0.1) is 23.6 Å². The van der Waals surface area contributed by atoms with Crippen molar-refractivity contribution in [1.82, 2.24) is 29.8 Å². The first-order valence-electron chi connectivity index (χ1n) is 16.5. The molecule has 2 aromatic carbocycles. The van der Waals surface area contributed by atoms with Gasteiger partial charge in [-0.15, -0.1) is 0 Å². The Bertz CT molecular complexity index is 2250. The van der Waals surface area contributed by atoms with E-state index in [2.05, 4.69) is 42.4 Å². The maximum Gasteiger partial charge on any atom is 0.418 e. The van der Waals surface area contributed by atoms with E-state index < -0.39 is 23.7 Å². The second-order valence-corrected chi connectivity index (χ2v) is 12.4. The monoisotopic (exact) mass is 707 g/mol. The third-order valence-corrected chi connectivity index (χ3v) is 9.00. The lowest BCUT2D eigenvalue weighted by molar-refractivity contribution is -0.137. The van der Waals surface area contributed by atoms with E-state index >= 15 is 0 Å². The zero-order valence-electron chi connectivity index (χ0n) is 27.9. The number of hydrogen-bond acceptors (Lipinski definition) is 8. The number of halogens is 3. The number of aryl methyl sites for hydroxylation is 1. The number of aromatic nitrogens is 4. The summed E-state index contributed by atoms with van der Waals surface area (Å²) in [7, 11) is 0. The Hall–Kier alpha value is -6.27. The molecule has 0 atom stereocenters. The maximum atomic E-state index is 14.4. The number of carbonyl (C=O) groups excluding carboxylic acids is 3. The van der Waals surface area contributed by atoms with E-state index in [1.54, 1.807) is 70.6 Å². The van der Waals surface area contributed by atoms with Crippen molar-refractivity contribution < 1.29 is 27.6 Å². The van der Waals surface area contributed by atoms with Crippen LogP contribution < -0.4 is 20.4 Å². The van der Waals surface area contributed by atoms with Gasteiger partial charge >= 0.3 is 12.2 Å². The number of alkyl halides is 3. The minimum absolute atomic E-state index is 0.0124. The topological polar surface area (TPSA) is 128 Å². The SMILES string of the molecule is Cc1ccc(C(=O)Nc2ccc(N3CCN(Cc4ccncc4N4CCC(=O)NC4=O)CC3)c(C(F)(F)F)c2)cc1C#Cc1cnc2cccnn12. The Morgan fingerprint density at radius 3 is 2.56 bits per heavy atom. The minimum atomic E-state index is -4.67. The molecule has 15 heteroatoms. The fraction of sp³-hybridized carbons (Fsp3) is 0.243. The molecule has 7 rings (SSSR count). The number of hydrogen-bond donors (Lipinski definition) is 2. The Morgan fingerprint density at radius 1 is 0.942 bits per heavy atom. The Kier molecular flexibility index (Phi) is 9.31. The van der Waals surface area contributed by atoms with Gasteiger partial charge in [-0.25, -0.2) is 14.3 Å². The lowest BCUT2D eigenvalue weighted by Crippen LogP contribution is -2.50. The molecule has 5 aromatic rings. The van der Waals surface area contributed by atoms with Gasteiger partial charge in [0.25, 0.3) is 5.91 Å². The molecule has 4 amide bonds.